The van der Waals surface area contributed by atoms with Crippen molar-refractivity contribution in [2.45, 2.75) is 37.1 Å². The predicted molar refractivity (Wildman–Crippen MR) is 108 cm³/mol. The minimum Gasteiger partial charge on any atom is -0.356 e. The SMILES string of the molecule is CC(C)(C)c1cc(NC(=O)CSc2nnc(NCc3ccccc3)s2)on1. The molecule has 0 spiro atoms. The van der Waals surface area contributed by atoms with Crippen LogP contribution < -0.4 is 10.6 Å². The number of nitrogens with zero attached hydrogens (tertiary/aromatic N) is 3. The highest BCUT2D eigenvalue weighted by atomic mass is 32.2. The molecule has 27 heavy (non-hydrogen) atoms. The van der Waals surface area contributed by atoms with Gasteiger partial charge in [-0.15, -0.1) is 10.2 Å². The third kappa shape index (κ3) is 5.80. The summed E-state index contributed by atoms with van der Waals surface area (Å²) in [5.74, 6) is 0.400. The van der Waals surface area contributed by atoms with Crippen LogP contribution in [-0.4, -0.2) is 27.0 Å². The van der Waals surface area contributed by atoms with Crippen molar-refractivity contribution in [1.29, 1.82) is 0 Å². The summed E-state index contributed by atoms with van der Waals surface area (Å²) >= 11 is 2.76. The van der Waals surface area contributed by atoms with Gasteiger partial charge in [0.05, 0.1) is 11.4 Å². The smallest absolute Gasteiger partial charge is 0.237 e. The molecular weight excluding hydrogens is 382 g/mol. The fourth-order valence-corrected chi connectivity index (χ4v) is 3.65. The summed E-state index contributed by atoms with van der Waals surface area (Å²) in [7, 11) is 0. The van der Waals surface area contributed by atoms with Gasteiger partial charge < -0.3 is 9.84 Å². The minimum atomic E-state index is -0.175. The lowest BCUT2D eigenvalue weighted by Crippen LogP contribution is -2.14. The Bertz CT molecular complexity index is 887. The summed E-state index contributed by atoms with van der Waals surface area (Å²) in [6.07, 6.45) is 0. The molecular formula is C18H21N5O2S2. The summed E-state index contributed by atoms with van der Waals surface area (Å²) in [5.41, 5.74) is 1.84. The molecule has 1 aromatic carbocycles. The van der Waals surface area contributed by atoms with Crippen LogP contribution in [-0.2, 0) is 16.8 Å². The van der Waals surface area contributed by atoms with Gasteiger partial charge in [-0.2, -0.15) is 0 Å². The first kappa shape index (κ1) is 19.4. The van der Waals surface area contributed by atoms with Gasteiger partial charge in [0.15, 0.2) is 4.34 Å². The summed E-state index contributed by atoms with van der Waals surface area (Å²) in [4.78, 5) is 12.1. The van der Waals surface area contributed by atoms with Crippen LogP contribution in [0.3, 0.4) is 0 Å². The highest BCUT2D eigenvalue weighted by Crippen LogP contribution is 2.27. The van der Waals surface area contributed by atoms with Gasteiger partial charge in [-0.1, -0.05) is 79.4 Å². The first-order valence-electron chi connectivity index (χ1n) is 8.41. The van der Waals surface area contributed by atoms with E-state index in [1.54, 1.807) is 6.07 Å². The molecule has 142 valence electrons. The number of anilines is 2. The molecule has 2 N–H and O–H groups in total. The first-order valence-corrected chi connectivity index (χ1v) is 10.2. The number of hydrogen-bond acceptors (Lipinski definition) is 8. The molecule has 0 aliphatic heterocycles. The fourth-order valence-electron chi connectivity index (χ4n) is 2.10. The number of thioether (sulfide) groups is 1. The van der Waals surface area contributed by atoms with Crippen molar-refractivity contribution in [1.82, 2.24) is 15.4 Å². The Kier molecular flexibility index (Phi) is 6.12. The zero-order chi connectivity index (χ0) is 19.3. The highest BCUT2D eigenvalue weighted by molar-refractivity contribution is 8.01. The second-order valence-corrected chi connectivity index (χ2v) is 9.08. The average molecular weight is 404 g/mol. The van der Waals surface area contributed by atoms with Crippen LogP contribution in [0.2, 0.25) is 0 Å². The summed E-state index contributed by atoms with van der Waals surface area (Å²) < 4.78 is 5.90. The Balaban J connectivity index is 1.45. The number of carbonyl (C=O) groups excluding carboxylic acids is 1. The van der Waals surface area contributed by atoms with E-state index in [9.17, 15) is 4.79 Å². The van der Waals surface area contributed by atoms with Crippen molar-refractivity contribution in [2.24, 2.45) is 0 Å². The maximum atomic E-state index is 12.1. The number of carbonyl (C=O) groups is 1. The maximum absolute atomic E-state index is 12.1. The zero-order valence-corrected chi connectivity index (χ0v) is 17.0. The minimum absolute atomic E-state index is 0.128. The van der Waals surface area contributed by atoms with E-state index in [-0.39, 0.29) is 17.1 Å². The molecule has 1 amide bonds. The van der Waals surface area contributed by atoms with Gasteiger partial charge in [-0.05, 0) is 5.56 Å². The van der Waals surface area contributed by atoms with Gasteiger partial charge in [0.2, 0.25) is 16.9 Å². The zero-order valence-electron chi connectivity index (χ0n) is 15.4. The van der Waals surface area contributed by atoms with Crippen molar-refractivity contribution >= 4 is 40.0 Å². The molecule has 2 aromatic heterocycles. The van der Waals surface area contributed by atoms with Gasteiger partial charge >= 0.3 is 0 Å². The number of nitrogens with one attached hydrogen (secondary N) is 2. The van der Waals surface area contributed by atoms with E-state index in [1.807, 2.05) is 51.1 Å². The van der Waals surface area contributed by atoms with E-state index >= 15 is 0 Å². The molecule has 0 unspecified atom stereocenters. The molecule has 7 nitrogen and oxygen atoms in total. The van der Waals surface area contributed by atoms with Gasteiger partial charge in [-0.25, -0.2) is 0 Å². The molecule has 0 fully saturated rings. The molecule has 3 rings (SSSR count). The first-order chi connectivity index (χ1) is 12.9. The molecule has 0 saturated carbocycles. The summed E-state index contributed by atoms with van der Waals surface area (Å²) in [5, 5.41) is 18.9. The monoisotopic (exact) mass is 403 g/mol. The van der Waals surface area contributed by atoms with Crippen LogP contribution in [0.25, 0.3) is 0 Å². The molecule has 3 aromatic rings. The van der Waals surface area contributed by atoms with Gasteiger partial charge in [0.25, 0.3) is 0 Å². The normalized spacial score (nSPS) is 11.4. The van der Waals surface area contributed by atoms with E-state index in [0.29, 0.717) is 12.4 Å². The van der Waals surface area contributed by atoms with Crippen LogP contribution in [0.5, 0.6) is 0 Å². The van der Waals surface area contributed by atoms with Crippen molar-refractivity contribution < 1.29 is 9.32 Å². The van der Waals surface area contributed by atoms with E-state index in [2.05, 4.69) is 26.0 Å². The molecule has 0 radical (unpaired) electrons. The molecule has 0 bridgehead atoms. The van der Waals surface area contributed by atoms with E-state index < -0.39 is 0 Å². The van der Waals surface area contributed by atoms with Crippen LogP contribution >= 0.6 is 23.1 Å². The number of aromatic nitrogens is 3. The van der Waals surface area contributed by atoms with Crippen LogP contribution in [0.15, 0.2) is 45.3 Å². The quantitative estimate of drug-likeness (QED) is 0.572. The summed E-state index contributed by atoms with van der Waals surface area (Å²) in [6.45, 7) is 6.78. The molecule has 9 heteroatoms. The lowest BCUT2D eigenvalue weighted by atomic mass is 9.92. The largest absolute Gasteiger partial charge is 0.356 e. The van der Waals surface area contributed by atoms with Crippen molar-refractivity contribution in [2.75, 3.05) is 16.4 Å². The van der Waals surface area contributed by atoms with Crippen LogP contribution in [0.4, 0.5) is 11.0 Å². The second kappa shape index (κ2) is 8.53. The lowest BCUT2D eigenvalue weighted by molar-refractivity contribution is -0.113. The number of hydrogen-bond donors (Lipinski definition) is 2. The Morgan fingerprint density at radius 1 is 1.22 bits per heavy atom. The van der Waals surface area contributed by atoms with E-state index in [4.69, 9.17) is 4.52 Å². The molecule has 0 aliphatic carbocycles. The standard InChI is InChI=1S/C18H21N5O2S2/c1-18(2,3)13-9-15(25-23-13)20-14(24)11-26-17-22-21-16(27-17)19-10-12-7-5-4-6-8-12/h4-9H,10-11H2,1-3H3,(H,19,21)(H,20,24). The van der Waals surface area contributed by atoms with Crippen LogP contribution in [0.1, 0.15) is 32.0 Å². The molecule has 2 heterocycles. The predicted octanol–water partition coefficient (Wildman–Crippen LogP) is 4.17. The summed E-state index contributed by atoms with van der Waals surface area (Å²) in [6, 6.07) is 11.8. The Morgan fingerprint density at radius 2 is 2.00 bits per heavy atom. The Hall–Kier alpha value is -2.39. The number of benzene rings is 1. The van der Waals surface area contributed by atoms with Gasteiger partial charge in [0, 0.05) is 18.0 Å². The Morgan fingerprint density at radius 3 is 2.70 bits per heavy atom. The Labute approximate surface area is 165 Å². The number of rotatable bonds is 7. The van der Waals surface area contributed by atoms with Crippen molar-refractivity contribution in [3.63, 3.8) is 0 Å². The van der Waals surface area contributed by atoms with Gasteiger partial charge in [0.1, 0.15) is 0 Å². The third-order valence-electron chi connectivity index (χ3n) is 3.56. The molecule has 0 aliphatic rings. The van der Waals surface area contributed by atoms with Crippen molar-refractivity contribution in [3.8, 4) is 0 Å². The topological polar surface area (TPSA) is 92.9 Å². The van der Waals surface area contributed by atoms with Crippen molar-refractivity contribution in [3.05, 3.63) is 47.7 Å². The van der Waals surface area contributed by atoms with Gasteiger partial charge in [-0.3, -0.25) is 10.1 Å². The molecule has 0 saturated heterocycles. The fraction of sp³-hybridized carbons (Fsp3) is 0.333. The lowest BCUT2D eigenvalue weighted by Gasteiger charge is -2.12. The van der Waals surface area contributed by atoms with E-state index in [1.165, 1.54) is 28.7 Å². The highest BCUT2D eigenvalue weighted by Gasteiger charge is 2.19. The second-order valence-electron chi connectivity index (χ2n) is 6.88. The third-order valence-corrected chi connectivity index (χ3v) is 5.58. The van der Waals surface area contributed by atoms with Crippen LogP contribution in [0, 0.1) is 0 Å². The van der Waals surface area contributed by atoms with E-state index in [0.717, 1.165) is 15.2 Å². The maximum Gasteiger partial charge on any atom is 0.237 e. The number of amides is 1. The molecule has 0 atom stereocenters. The average Bonchev–Trinajstić information content (AvgIpc) is 3.28.